The summed E-state index contributed by atoms with van der Waals surface area (Å²) in [7, 11) is 3.28. The maximum atomic E-state index is 11.6. The minimum Gasteiger partial charge on any atom is -0.468 e. The highest BCUT2D eigenvalue weighted by molar-refractivity contribution is 5.76. The van der Waals surface area contributed by atoms with Crippen LogP contribution in [0.4, 0.5) is 0 Å². The van der Waals surface area contributed by atoms with Gasteiger partial charge < -0.3 is 4.74 Å². The van der Waals surface area contributed by atoms with Crippen LogP contribution in [0.2, 0.25) is 0 Å². The summed E-state index contributed by atoms with van der Waals surface area (Å²) < 4.78 is 6.54. The van der Waals surface area contributed by atoms with E-state index >= 15 is 0 Å². The number of ether oxygens (including phenoxy) is 1. The molecule has 17 heavy (non-hydrogen) atoms. The molecule has 0 saturated heterocycles. The van der Waals surface area contributed by atoms with Crippen molar-refractivity contribution in [3.63, 3.8) is 0 Å². The number of esters is 1. The summed E-state index contributed by atoms with van der Waals surface area (Å²) in [6.45, 7) is 5.99. The molecule has 1 N–H and O–H groups in total. The maximum absolute atomic E-state index is 11.6. The molecule has 0 bridgehead atoms. The molecule has 0 amide bonds. The first-order chi connectivity index (χ1) is 7.95. The zero-order valence-electron chi connectivity index (χ0n) is 11.1. The predicted octanol–water partition coefficient (Wildman–Crippen LogP) is 1.27. The fraction of sp³-hybridized carbons (Fsp3) is 0.667. The van der Waals surface area contributed by atoms with Crippen molar-refractivity contribution in [2.75, 3.05) is 7.11 Å². The number of nitrogens with zero attached hydrogens (tertiary/aromatic N) is 2. The Kier molecular flexibility index (Phi) is 4.69. The minimum absolute atomic E-state index is 0.0650. The third kappa shape index (κ3) is 3.56. The lowest BCUT2D eigenvalue weighted by Gasteiger charge is -2.23. The van der Waals surface area contributed by atoms with Crippen LogP contribution in [0.1, 0.15) is 32.4 Å². The van der Waals surface area contributed by atoms with Crippen LogP contribution in [-0.4, -0.2) is 28.9 Å². The Hall–Kier alpha value is -1.36. The molecule has 0 aliphatic rings. The molecule has 1 heterocycles. The van der Waals surface area contributed by atoms with Gasteiger partial charge in [-0.25, -0.2) is 0 Å². The number of methoxy groups -OCH3 is 1. The molecule has 96 valence electrons. The van der Waals surface area contributed by atoms with Gasteiger partial charge in [-0.15, -0.1) is 0 Å². The molecule has 0 aromatic carbocycles. The highest BCUT2D eigenvalue weighted by Gasteiger charge is 2.25. The summed E-state index contributed by atoms with van der Waals surface area (Å²) in [5, 5.41) is 7.38. The Bertz CT molecular complexity index is 374. The van der Waals surface area contributed by atoms with Gasteiger partial charge >= 0.3 is 5.97 Å². The molecule has 0 radical (unpaired) electrons. The van der Waals surface area contributed by atoms with Gasteiger partial charge in [-0.3, -0.25) is 14.8 Å². The SMILES string of the molecule is COC(=O)C(NC(C)c1cnn(C)c1)C(C)C. The van der Waals surface area contributed by atoms with Crippen LogP contribution in [0.15, 0.2) is 12.4 Å². The second-order valence-electron chi connectivity index (χ2n) is 4.58. The van der Waals surface area contributed by atoms with Gasteiger partial charge in [-0.05, 0) is 12.8 Å². The van der Waals surface area contributed by atoms with Gasteiger partial charge in [0, 0.05) is 24.8 Å². The molecular weight excluding hydrogens is 218 g/mol. The fourth-order valence-corrected chi connectivity index (χ4v) is 1.69. The van der Waals surface area contributed by atoms with E-state index in [4.69, 9.17) is 4.74 Å². The highest BCUT2D eigenvalue weighted by atomic mass is 16.5. The molecule has 2 unspecified atom stereocenters. The molecule has 2 atom stereocenters. The molecule has 5 heteroatoms. The molecule has 1 aromatic heterocycles. The number of rotatable bonds is 5. The van der Waals surface area contributed by atoms with E-state index < -0.39 is 0 Å². The number of carbonyl (C=O) groups excluding carboxylic acids is 1. The first-order valence-corrected chi connectivity index (χ1v) is 5.78. The smallest absolute Gasteiger partial charge is 0.323 e. The van der Waals surface area contributed by atoms with Gasteiger partial charge in [0.05, 0.1) is 13.3 Å². The first-order valence-electron chi connectivity index (χ1n) is 5.78. The monoisotopic (exact) mass is 239 g/mol. The topological polar surface area (TPSA) is 56.1 Å². The van der Waals surface area contributed by atoms with E-state index in [0.717, 1.165) is 5.56 Å². The van der Waals surface area contributed by atoms with E-state index in [9.17, 15) is 4.79 Å². The van der Waals surface area contributed by atoms with Crippen molar-refractivity contribution >= 4 is 5.97 Å². The number of hydrogen-bond acceptors (Lipinski definition) is 4. The molecule has 5 nitrogen and oxygen atoms in total. The summed E-state index contributed by atoms with van der Waals surface area (Å²) in [6.07, 6.45) is 3.73. The molecular formula is C12H21N3O2. The molecule has 0 saturated carbocycles. The van der Waals surface area contributed by atoms with Crippen molar-refractivity contribution in [1.82, 2.24) is 15.1 Å². The van der Waals surface area contributed by atoms with E-state index in [-0.39, 0.29) is 24.0 Å². The van der Waals surface area contributed by atoms with Crippen LogP contribution >= 0.6 is 0 Å². The summed E-state index contributed by atoms with van der Waals surface area (Å²) in [6, 6.07) is -0.231. The average Bonchev–Trinajstić information content (AvgIpc) is 2.71. The van der Waals surface area contributed by atoms with Crippen LogP contribution < -0.4 is 5.32 Å². The van der Waals surface area contributed by atoms with Gasteiger partial charge in [0.2, 0.25) is 0 Å². The molecule has 0 aliphatic heterocycles. The Morgan fingerprint density at radius 2 is 2.12 bits per heavy atom. The van der Waals surface area contributed by atoms with Crippen molar-refractivity contribution in [1.29, 1.82) is 0 Å². The van der Waals surface area contributed by atoms with Crippen LogP contribution in [0.3, 0.4) is 0 Å². The molecule has 1 rings (SSSR count). The zero-order chi connectivity index (χ0) is 13.0. The summed E-state index contributed by atoms with van der Waals surface area (Å²) in [5.41, 5.74) is 1.06. The van der Waals surface area contributed by atoms with E-state index in [0.29, 0.717) is 0 Å². The predicted molar refractivity (Wildman–Crippen MR) is 65.4 cm³/mol. The normalized spacial score (nSPS) is 14.7. The van der Waals surface area contributed by atoms with Gasteiger partial charge in [-0.2, -0.15) is 5.10 Å². The minimum atomic E-state index is -0.296. The number of hydrogen-bond donors (Lipinski definition) is 1. The Morgan fingerprint density at radius 1 is 1.47 bits per heavy atom. The Morgan fingerprint density at radius 3 is 2.53 bits per heavy atom. The van der Waals surface area contributed by atoms with E-state index in [1.165, 1.54) is 7.11 Å². The Balaban J connectivity index is 2.70. The van der Waals surface area contributed by atoms with Crippen LogP contribution in [-0.2, 0) is 16.6 Å². The van der Waals surface area contributed by atoms with Crippen LogP contribution in [0.25, 0.3) is 0 Å². The van der Waals surface area contributed by atoms with Crippen LogP contribution in [0, 0.1) is 5.92 Å². The molecule has 0 fully saturated rings. The van der Waals surface area contributed by atoms with Gasteiger partial charge in [-0.1, -0.05) is 13.8 Å². The van der Waals surface area contributed by atoms with E-state index in [1.54, 1.807) is 10.9 Å². The van der Waals surface area contributed by atoms with E-state index in [1.807, 2.05) is 34.0 Å². The molecule has 1 aromatic rings. The quantitative estimate of drug-likeness (QED) is 0.786. The van der Waals surface area contributed by atoms with Gasteiger partial charge in [0.15, 0.2) is 0 Å². The number of aromatic nitrogens is 2. The van der Waals surface area contributed by atoms with Crippen molar-refractivity contribution in [2.24, 2.45) is 13.0 Å². The van der Waals surface area contributed by atoms with Crippen LogP contribution in [0.5, 0.6) is 0 Å². The van der Waals surface area contributed by atoms with Crippen molar-refractivity contribution < 1.29 is 9.53 Å². The lowest BCUT2D eigenvalue weighted by Crippen LogP contribution is -2.42. The second-order valence-corrected chi connectivity index (χ2v) is 4.58. The third-order valence-electron chi connectivity index (χ3n) is 2.78. The third-order valence-corrected chi connectivity index (χ3v) is 2.78. The lowest BCUT2D eigenvalue weighted by atomic mass is 10.0. The fourth-order valence-electron chi connectivity index (χ4n) is 1.69. The first kappa shape index (κ1) is 13.7. The number of aryl methyl sites for hydroxylation is 1. The average molecular weight is 239 g/mol. The molecule has 0 aliphatic carbocycles. The van der Waals surface area contributed by atoms with Crippen molar-refractivity contribution in [3.8, 4) is 0 Å². The summed E-state index contributed by atoms with van der Waals surface area (Å²) >= 11 is 0. The number of nitrogens with one attached hydrogen (secondary N) is 1. The summed E-state index contributed by atoms with van der Waals surface area (Å²) in [4.78, 5) is 11.6. The standard InChI is InChI=1S/C12H21N3O2/c1-8(2)11(12(16)17-5)14-9(3)10-6-13-15(4)7-10/h6-9,11,14H,1-5H3. The largest absolute Gasteiger partial charge is 0.468 e. The zero-order valence-corrected chi connectivity index (χ0v) is 11.1. The maximum Gasteiger partial charge on any atom is 0.323 e. The number of carbonyl (C=O) groups is 1. The molecule has 0 spiro atoms. The van der Waals surface area contributed by atoms with Gasteiger partial charge in [0.1, 0.15) is 6.04 Å². The van der Waals surface area contributed by atoms with Crippen molar-refractivity contribution in [2.45, 2.75) is 32.9 Å². The van der Waals surface area contributed by atoms with Crippen molar-refractivity contribution in [3.05, 3.63) is 18.0 Å². The lowest BCUT2D eigenvalue weighted by molar-refractivity contribution is -0.144. The summed E-state index contributed by atoms with van der Waals surface area (Å²) in [5.74, 6) is -0.0442. The highest BCUT2D eigenvalue weighted by Crippen LogP contribution is 2.14. The second kappa shape index (κ2) is 5.82. The Labute approximate surface area is 102 Å². The van der Waals surface area contributed by atoms with E-state index in [2.05, 4.69) is 10.4 Å². The van der Waals surface area contributed by atoms with Gasteiger partial charge in [0.25, 0.3) is 0 Å².